The summed E-state index contributed by atoms with van der Waals surface area (Å²) in [6, 6.07) is 8.54. The molecule has 1 N–H and O–H groups in total. The molecule has 182 valence electrons. The predicted molar refractivity (Wildman–Crippen MR) is 142 cm³/mol. The molecule has 4 aromatic rings. The van der Waals surface area contributed by atoms with E-state index in [9.17, 15) is 0 Å². The number of imidazole rings is 1. The first kappa shape index (κ1) is 23.4. The van der Waals surface area contributed by atoms with Crippen LogP contribution in [0.5, 0.6) is 0 Å². The number of hydrogen-bond acceptors (Lipinski definition) is 7. The highest BCUT2D eigenvalue weighted by molar-refractivity contribution is 6.32. The average molecular weight is 491 g/mol. The van der Waals surface area contributed by atoms with Gasteiger partial charge in [-0.3, -0.25) is 0 Å². The number of anilines is 4. The first-order chi connectivity index (χ1) is 16.9. The van der Waals surface area contributed by atoms with Gasteiger partial charge in [0.15, 0.2) is 5.82 Å². The Balaban J connectivity index is 1.34. The fourth-order valence-electron chi connectivity index (χ4n) is 4.92. The van der Waals surface area contributed by atoms with Crippen molar-refractivity contribution in [2.45, 2.75) is 39.7 Å². The number of pyridine rings is 2. The van der Waals surface area contributed by atoms with Gasteiger partial charge >= 0.3 is 0 Å². The van der Waals surface area contributed by atoms with Crippen molar-refractivity contribution in [2.24, 2.45) is 5.92 Å². The molecule has 0 spiro atoms. The Morgan fingerprint density at radius 3 is 2.74 bits per heavy atom. The Kier molecular flexibility index (Phi) is 6.47. The highest BCUT2D eigenvalue weighted by Gasteiger charge is 2.33. The summed E-state index contributed by atoms with van der Waals surface area (Å²) in [6.07, 6.45) is 9.53. The van der Waals surface area contributed by atoms with E-state index in [-0.39, 0.29) is 0 Å². The van der Waals surface area contributed by atoms with Crippen LogP contribution in [0.2, 0.25) is 5.02 Å². The zero-order valence-electron chi connectivity index (χ0n) is 20.6. The topological polar surface area (TPSA) is 74.5 Å². The Bertz CT molecular complexity index is 1320. The van der Waals surface area contributed by atoms with Gasteiger partial charge in [-0.05, 0) is 50.3 Å². The van der Waals surface area contributed by atoms with Gasteiger partial charge in [-0.2, -0.15) is 4.98 Å². The van der Waals surface area contributed by atoms with E-state index in [4.69, 9.17) is 16.6 Å². The number of halogens is 1. The minimum Gasteiger partial charge on any atom is -0.356 e. The maximum absolute atomic E-state index is 6.60. The van der Waals surface area contributed by atoms with Crippen LogP contribution < -0.4 is 15.1 Å². The van der Waals surface area contributed by atoms with Crippen LogP contribution in [-0.2, 0) is 0 Å². The Morgan fingerprint density at radius 1 is 1.11 bits per heavy atom. The van der Waals surface area contributed by atoms with Crippen LogP contribution in [-0.4, -0.2) is 50.5 Å². The second-order valence-electron chi connectivity index (χ2n) is 9.31. The lowest BCUT2D eigenvalue weighted by molar-refractivity contribution is 0.335. The predicted octanol–water partition coefficient (Wildman–Crippen LogP) is 5.27. The summed E-state index contributed by atoms with van der Waals surface area (Å²) < 4.78 is 2.04. The molecule has 2 unspecified atom stereocenters. The smallest absolute Gasteiger partial charge is 0.229 e. The summed E-state index contributed by atoms with van der Waals surface area (Å²) in [5, 5.41) is 3.86. The third-order valence-corrected chi connectivity index (χ3v) is 7.22. The lowest BCUT2D eigenvalue weighted by Crippen LogP contribution is -2.50. The molecular formula is C26H31ClN8. The number of fused-ring (bicyclic) bond motifs is 1. The van der Waals surface area contributed by atoms with Crippen molar-refractivity contribution in [3.63, 3.8) is 0 Å². The van der Waals surface area contributed by atoms with Crippen LogP contribution in [0.1, 0.15) is 31.0 Å². The summed E-state index contributed by atoms with van der Waals surface area (Å²) >= 11 is 6.60. The quantitative estimate of drug-likeness (QED) is 0.394. The zero-order chi connectivity index (χ0) is 24.5. The molecule has 0 amide bonds. The number of hydrogen-bond donors (Lipinski definition) is 1. The summed E-state index contributed by atoms with van der Waals surface area (Å²) in [5.41, 5.74) is 4.02. The summed E-state index contributed by atoms with van der Waals surface area (Å²) in [5.74, 6) is 2.77. The van der Waals surface area contributed by atoms with E-state index in [2.05, 4.69) is 63.1 Å². The van der Waals surface area contributed by atoms with Crippen molar-refractivity contribution >= 4 is 40.5 Å². The van der Waals surface area contributed by atoms with E-state index in [0.717, 1.165) is 54.6 Å². The third kappa shape index (κ3) is 4.75. The van der Waals surface area contributed by atoms with Crippen molar-refractivity contribution in [1.29, 1.82) is 0 Å². The molecule has 9 heteroatoms. The average Bonchev–Trinajstić information content (AvgIpc) is 3.24. The van der Waals surface area contributed by atoms with Gasteiger partial charge in [0.1, 0.15) is 16.5 Å². The highest BCUT2D eigenvalue weighted by Crippen LogP contribution is 2.33. The summed E-state index contributed by atoms with van der Waals surface area (Å²) in [7, 11) is 2.09. The zero-order valence-corrected chi connectivity index (χ0v) is 21.4. The van der Waals surface area contributed by atoms with Crippen LogP contribution in [0.3, 0.4) is 0 Å². The molecule has 5 heterocycles. The van der Waals surface area contributed by atoms with Gasteiger partial charge in [-0.1, -0.05) is 24.6 Å². The molecule has 0 radical (unpaired) electrons. The normalized spacial score (nSPS) is 18.1. The summed E-state index contributed by atoms with van der Waals surface area (Å²) in [4.78, 5) is 22.9. The Morgan fingerprint density at radius 2 is 1.97 bits per heavy atom. The molecule has 1 aliphatic rings. The number of nitrogens with zero attached hydrogens (tertiary/aromatic N) is 7. The van der Waals surface area contributed by atoms with E-state index in [1.165, 1.54) is 5.56 Å². The van der Waals surface area contributed by atoms with Crippen molar-refractivity contribution in [3.8, 4) is 0 Å². The van der Waals surface area contributed by atoms with Crippen molar-refractivity contribution in [3.05, 3.63) is 65.3 Å². The molecule has 8 nitrogen and oxygen atoms in total. The summed E-state index contributed by atoms with van der Waals surface area (Å²) in [6.45, 7) is 8.25. The molecule has 1 fully saturated rings. The molecule has 0 bridgehead atoms. The molecule has 1 aliphatic heterocycles. The molecule has 4 aromatic heterocycles. The fourth-order valence-corrected chi connectivity index (χ4v) is 5.15. The molecule has 1 saturated heterocycles. The van der Waals surface area contributed by atoms with Gasteiger partial charge in [-0.15, -0.1) is 0 Å². The molecule has 0 aliphatic carbocycles. The lowest BCUT2D eigenvalue weighted by atomic mass is 9.88. The van der Waals surface area contributed by atoms with Crippen LogP contribution in [0.25, 0.3) is 5.65 Å². The minimum absolute atomic E-state index is 0.325. The Labute approximate surface area is 211 Å². The van der Waals surface area contributed by atoms with Crippen molar-refractivity contribution in [1.82, 2.24) is 24.3 Å². The highest BCUT2D eigenvalue weighted by atomic mass is 35.5. The van der Waals surface area contributed by atoms with Gasteiger partial charge in [0, 0.05) is 62.2 Å². The van der Waals surface area contributed by atoms with Crippen molar-refractivity contribution < 1.29 is 0 Å². The second-order valence-corrected chi connectivity index (χ2v) is 9.72. The SMILES string of the molecule is CCC1CN(c2ccc(C)cn2)CCC1N(C)c1nc(Nc2ccn3c(C)cnc3c2)ncc1Cl. The minimum atomic E-state index is 0.325. The number of aromatic nitrogens is 5. The number of nitrogens with one attached hydrogen (secondary N) is 1. The fraction of sp³-hybridized carbons (Fsp3) is 0.385. The van der Waals surface area contributed by atoms with E-state index < -0.39 is 0 Å². The molecule has 5 rings (SSSR count). The monoisotopic (exact) mass is 490 g/mol. The third-order valence-electron chi connectivity index (χ3n) is 6.95. The standard InChI is InChI=1S/C26H31ClN8/c1-5-19-16-34(23-7-6-17(2)13-28-23)10-9-22(19)33(4)25-21(27)15-30-26(32-25)31-20-8-11-35-18(3)14-29-24(35)12-20/h6-8,11-15,19,22H,5,9-10,16H2,1-4H3,(H,30,31,32). The van der Waals surface area contributed by atoms with Crippen LogP contribution >= 0.6 is 11.6 Å². The lowest BCUT2D eigenvalue weighted by Gasteiger charge is -2.43. The number of aryl methyl sites for hydroxylation is 2. The van der Waals surface area contributed by atoms with Gasteiger partial charge < -0.3 is 19.5 Å². The largest absolute Gasteiger partial charge is 0.356 e. The molecule has 0 aromatic carbocycles. The molecular weight excluding hydrogens is 460 g/mol. The number of rotatable bonds is 6. The van der Waals surface area contributed by atoms with Gasteiger partial charge in [0.25, 0.3) is 0 Å². The molecule has 0 saturated carbocycles. The number of piperidine rings is 1. The van der Waals surface area contributed by atoms with Crippen LogP contribution in [0.15, 0.2) is 49.1 Å². The molecule has 35 heavy (non-hydrogen) atoms. The van der Waals surface area contributed by atoms with E-state index in [1.807, 2.05) is 42.0 Å². The van der Waals surface area contributed by atoms with Crippen LogP contribution in [0.4, 0.5) is 23.3 Å². The van der Waals surface area contributed by atoms with Gasteiger partial charge in [0.05, 0.1) is 6.20 Å². The van der Waals surface area contributed by atoms with Gasteiger partial charge in [0.2, 0.25) is 5.95 Å². The first-order valence-corrected chi connectivity index (χ1v) is 12.4. The second kappa shape index (κ2) is 9.70. The van der Waals surface area contributed by atoms with Crippen molar-refractivity contribution in [2.75, 3.05) is 35.3 Å². The first-order valence-electron chi connectivity index (χ1n) is 12.1. The van der Waals surface area contributed by atoms with E-state index in [1.54, 1.807) is 6.20 Å². The maximum Gasteiger partial charge on any atom is 0.229 e. The molecule has 2 atom stereocenters. The van der Waals surface area contributed by atoms with Crippen LogP contribution in [0, 0.1) is 19.8 Å². The Hall–Kier alpha value is -3.39. The maximum atomic E-state index is 6.60. The van der Waals surface area contributed by atoms with Gasteiger partial charge in [-0.25, -0.2) is 15.0 Å². The van der Waals surface area contributed by atoms with E-state index in [0.29, 0.717) is 22.9 Å². The van der Waals surface area contributed by atoms with E-state index >= 15 is 0 Å².